The Morgan fingerprint density at radius 2 is 2.35 bits per heavy atom. The van der Waals surface area contributed by atoms with Crippen LogP contribution in [0.25, 0.3) is 0 Å². The molecule has 0 aromatic heterocycles. The number of thioether (sulfide) groups is 1. The summed E-state index contributed by atoms with van der Waals surface area (Å²) in [6.07, 6.45) is 6.39. The Kier molecular flexibility index (Phi) is 4.90. The molecule has 20 heavy (non-hydrogen) atoms. The van der Waals surface area contributed by atoms with Crippen molar-refractivity contribution in [1.29, 1.82) is 0 Å². The summed E-state index contributed by atoms with van der Waals surface area (Å²) in [7, 11) is 0. The average molecular weight is 291 g/mol. The molecule has 2 heterocycles. The van der Waals surface area contributed by atoms with Crippen molar-refractivity contribution in [2.75, 3.05) is 18.9 Å². The first-order valence-corrected chi connectivity index (χ1v) is 9.04. The van der Waals surface area contributed by atoms with E-state index in [1.807, 2.05) is 0 Å². The van der Waals surface area contributed by atoms with Crippen LogP contribution in [0.4, 0.5) is 0 Å². The first kappa shape index (κ1) is 14.3. The second-order valence-electron chi connectivity index (χ2n) is 5.80. The highest BCUT2D eigenvalue weighted by atomic mass is 32.2. The van der Waals surface area contributed by atoms with Crippen LogP contribution in [-0.2, 0) is 6.42 Å². The van der Waals surface area contributed by atoms with E-state index in [2.05, 4.69) is 42.2 Å². The smallest absolute Gasteiger partial charge is 0.122 e. The van der Waals surface area contributed by atoms with Gasteiger partial charge in [0, 0.05) is 17.7 Å². The molecule has 1 aromatic carbocycles. The minimum atomic E-state index is 0.506. The second kappa shape index (κ2) is 6.86. The summed E-state index contributed by atoms with van der Waals surface area (Å²) in [6.45, 7) is 4.20. The van der Waals surface area contributed by atoms with E-state index in [1.165, 1.54) is 42.6 Å². The normalized spacial score (nSPS) is 23.1. The lowest BCUT2D eigenvalue weighted by atomic mass is 9.97. The van der Waals surface area contributed by atoms with Crippen molar-refractivity contribution >= 4 is 11.8 Å². The monoisotopic (exact) mass is 291 g/mol. The summed E-state index contributed by atoms with van der Waals surface area (Å²) in [4.78, 5) is 0. The predicted molar refractivity (Wildman–Crippen MR) is 86.8 cm³/mol. The van der Waals surface area contributed by atoms with Crippen LogP contribution in [0.3, 0.4) is 0 Å². The highest BCUT2D eigenvalue weighted by Crippen LogP contribution is 2.37. The maximum atomic E-state index is 5.63. The van der Waals surface area contributed by atoms with Crippen LogP contribution in [0, 0.1) is 0 Å². The summed E-state index contributed by atoms with van der Waals surface area (Å²) in [5.74, 6) is 2.42. The summed E-state index contributed by atoms with van der Waals surface area (Å²) in [5.41, 5.74) is 2.86. The molecule has 0 amide bonds. The minimum absolute atomic E-state index is 0.506. The Labute approximate surface area is 126 Å². The molecule has 1 aromatic rings. The lowest BCUT2D eigenvalue weighted by Gasteiger charge is -2.31. The molecule has 0 radical (unpaired) electrons. The number of nitrogens with one attached hydrogen (secondary N) is 1. The zero-order chi connectivity index (χ0) is 13.8. The molecule has 2 nitrogen and oxygen atoms in total. The lowest BCUT2D eigenvalue weighted by Crippen LogP contribution is -2.32. The van der Waals surface area contributed by atoms with Crippen molar-refractivity contribution in [3.8, 4) is 5.75 Å². The van der Waals surface area contributed by atoms with Crippen LogP contribution < -0.4 is 10.1 Å². The number of ether oxygens (including phenoxy) is 1. The molecule has 2 aliphatic rings. The van der Waals surface area contributed by atoms with Crippen molar-refractivity contribution in [1.82, 2.24) is 5.32 Å². The maximum Gasteiger partial charge on any atom is 0.122 e. The molecule has 1 fully saturated rings. The Hall–Kier alpha value is -0.670. The van der Waals surface area contributed by atoms with Gasteiger partial charge >= 0.3 is 0 Å². The number of hydrogen-bond acceptors (Lipinski definition) is 3. The molecule has 0 aliphatic carbocycles. The Morgan fingerprint density at radius 1 is 1.40 bits per heavy atom. The Morgan fingerprint density at radius 3 is 3.15 bits per heavy atom. The Bertz CT molecular complexity index is 443. The van der Waals surface area contributed by atoms with Crippen LogP contribution in [0.5, 0.6) is 5.75 Å². The van der Waals surface area contributed by atoms with Gasteiger partial charge in [0.1, 0.15) is 5.75 Å². The van der Waals surface area contributed by atoms with Crippen LogP contribution in [0.2, 0.25) is 0 Å². The lowest BCUT2D eigenvalue weighted by molar-refractivity contribution is 0.356. The summed E-state index contributed by atoms with van der Waals surface area (Å²) < 4.78 is 5.63. The fourth-order valence-electron chi connectivity index (χ4n) is 3.19. The van der Waals surface area contributed by atoms with Gasteiger partial charge in [-0.15, -0.1) is 0 Å². The van der Waals surface area contributed by atoms with Crippen LogP contribution >= 0.6 is 11.8 Å². The largest absolute Gasteiger partial charge is 0.493 e. The van der Waals surface area contributed by atoms with Crippen molar-refractivity contribution < 1.29 is 4.74 Å². The van der Waals surface area contributed by atoms with Gasteiger partial charge in [0.25, 0.3) is 0 Å². The molecular weight excluding hydrogens is 266 g/mol. The van der Waals surface area contributed by atoms with Gasteiger partial charge in [-0.25, -0.2) is 0 Å². The number of fused-ring (bicyclic) bond motifs is 1. The van der Waals surface area contributed by atoms with E-state index in [-0.39, 0.29) is 0 Å². The molecule has 3 rings (SSSR count). The third kappa shape index (κ3) is 3.15. The van der Waals surface area contributed by atoms with E-state index in [4.69, 9.17) is 4.74 Å². The van der Waals surface area contributed by atoms with Crippen LogP contribution in [-0.4, -0.2) is 24.2 Å². The standard InChI is InChI=1S/C17H25NOS/c1-2-9-18-17(16-5-3-4-11-20-16)14-6-7-15-13(12-14)8-10-19-15/h6-7,12,16-18H,2-5,8-11H2,1H3. The van der Waals surface area contributed by atoms with Gasteiger partial charge in [0.05, 0.1) is 6.61 Å². The number of benzene rings is 1. The van der Waals surface area contributed by atoms with E-state index in [0.29, 0.717) is 6.04 Å². The van der Waals surface area contributed by atoms with Gasteiger partial charge in [-0.05, 0) is 48.8 Å². The minimum Gasteiger partial charge on any atom is -0.493 e. The first-order chi connectivity index (χ1) is 9.88. The molecule has 2 aliphatic heterocycles. The summed E-state index contributed by atoms with van der Waals surface area (Å²) >= 11 is 2.16. The number of rotatable bonds is 5. The van der Waals surface area contributed by atoms with E-state index in [0.717, 1.165) is 30.6 Å². The fraction of sp³-hybridized carbons (Fsp3) is 0.647. The van der Waals surface area contributed by atoms with E-state index < -0.39 is 0 Å². The molecule has 0 saturated carbocycles. The van der Waals surface area contributed by atoms with Crippen LogP contribution in [0.1, 0.15) is 49.8 Å². The number of hydrogen-bond donors (Lipinski definition) is 1. The van der Waals surface area contributed by atoms with Gasteiger partial charge in [0.15, 0.2) is 0 Å². The zero-order valence-electron chi connectivity index (χ0n) is 12.4. The highest BCUT2D eigenvalue weighted by Gasteiger charge is 2.26. The van der Waals surface area contributed by atoms with E-state index in [9.17, 15) is 0 Å². The molecule has 110 valence electrons. The predicted octanol–water partition coefficient (Wildman–Crippen LogP) is 3.95. The second-order valence-corrected chi connectivity index (χ2v) is 7.15. The fourth-order valence-corrected chi connectivity index (χ4v) is 4.64. The van der Waals surface area contributed by atoms with Crippen LogP contribution in [0.15, 0.2) is 18.2 Å². The van der Waals surface area contributed by atoms with E-state index in [1.54, 1.807) is 0 Å². The third-order valence-corrected chi connectivity index (χ3v) is 5.73. The van der Waals surface area contributed by atoms with Gasteiger partial charge in [-0.2, -0.15) is 11.8 Å². The quantitative estimate of drug-likeness (QED) is 0.887. The SMILES string of the molecule is CCCNC(c1ccc2c(c1)CCO2)C1CCCCS1. The van der Waals surface area contributed by atoms with Gasteiger partial charge in [0.2, 0.25) is 0 Å². The highest BCUT2D eigenvalue weighted by molar-refractivity contribution is 8.00. The van der Waals surface area contributed by atoms with Crippen molar-refractivity contribution in [2.24, 2.45) is 0 Å². The first-order valence-electron chi connectivity index (χ1n) is 7.99. The molecule has 0 spiro atoms. The van der Waals surface area contributed by atoms with Gasteiger partial charge < -0.3 is 10.1 Å². The van der Waals surface area contributed by atoms with Gasteiger partial charge in [-0.3, -0.25) is 0 Å². The Balaban J connectivity index is 1.80. The average Bonchev–Trinajstić information content (AvgIpc) is 2.96. The topological polar surface area (TPSA) is 21.3 Å². The molecular formula is C17H25NOS. The molecule has 1 saturated heterocycles. The van der Waals surface area contributed by atoms with Crippen molar-refractivity contribution in [2.45, 2.75) is 50.3 Å². The summed E-state index contributed by atoms with van der Waals surface area (Å²) in [6, 6.07) is 7.33. The zero-order valence-corrected chi connectivity index (χ0v) is 13.2. The van der Waals surface area contributed by atoms with E-state index >= 15 is 0 Å². The summed E-state index contributed by atoms with van der Waals surface area (Å²) in [5, 5.41) is 4.52. The molecule has 2 unspecified atom stereocenters. The van der Waals surface area contributed by atoms with Crippen molar-refractivity contribution in [3.05, 3.63) is 29.3 Å². The molecule has 2 atom stereocenters. The van der Waals surface area contributed by atoms with Crippen molar-refractivity contribution in [3.63, 3.8) is 0 Å². The maximum absolute atomic E-state index is 5.63. The molecule has 1 N–H and O–H groups in total. The molecule has 0 bridgehead atoms. The molecule has 3 heteroatoms. The van der Waals surface area contributed by atoms with Gasteiger partial charge in [-0.1, -0.05) is 25.5 Å². The third-order valence-electron chi connectivity index (χ3n) is 4.27.